The number of hydrogen-bond donors (Lipinski definition) is 2. The largest absolute Gasteiger partial charge is 0.399 e. The van der Waals surface area contributed by atoms with E-state index in [0.717, 1.165) is 13.1 Å². The number of piperazine rings is 1. The highest BCUT2D eigenvalue weighted by molar-refractivity contribution is 7.89. The summed E-state index contributed by atoms with van der Waals surface area (Å²) in [6.45, 7) is 2.45. The Balaban J connectivity index is 2.30. The Morgan fingerprint density at radius 3 is 2.00 bits per heavy atom. The van der Waals surface area contributed by atoms with Crippen molar-refractivity contribution in [3.63, 3.8) is 0 Å². The van der Waals surface area contributed by atoms with Crippen molar-refractivity contribution < 1.29 is 8.42 Å². The zero-order valence-corrected chi connectivity index (χ0v) is 11.2. The standard InChI is InChI=1S/C11H18N4O2S/c1-14-2-4-15(5-3-14)18(16,17)11-7-9(12)6-10(13)8-11/h6-8H,2-5,12-13H2,1H3. The predicted octanol–water partition coefficient (Wildman–Crippen LogP) is -0.213. The van der Waals surface area contributed by atoms with E-state index in [2.05, 4.69) is 4.90 Å². The van der Waals surface area contributed by atoms with Crippen LogP contribution in [0.5, 0.6) is 0 Å². The molecule has 1 aliphatic rings. The molecule has 0 unspecified atom stereocenters. The van der Waals surface area contributed by atoms with Gasteiger partial charge in [-0.25, -0.2) is 8.42 Å². The number of hydrogen-bond acceptors (Lipinski definition) is 5. The number of nitrogen functional groups attached to an aromatic ring is 2. The van der Waals surface area contributed by atoms with Gasteiger partial charge in [-0.05, 0) is 25.2 Å². The molecule has 1 heterocycles. The summed E-state index contributed by atoms with van der Waals surface area (Å²) in [6, 6.07) is 4.44. The van der Waals surface area contributed by atoms with Crippen LogP contribution in [0.15, 0.2) is 23.1 Å². The van der Waals surface area contributed by atoms with Crippen LogP contribution in [0.25, 0.3) is 0 Å². The van der Waals surface area contributed by atoms with Crippen molar-refractivity contribution in [2.75, 3.05) is 44.7 Å². The van der Waals surface area contributed by atoms with E-state index < -0.39 is 10.0 Å². The smallest absolute Gasteiger partial charge is 0.243 e. The molecule has 1 saturated heterocycles. The Morgan fingerprint density at radius 1 is 1.00 bits per heavy atom. The number of benzene rings is 1. The topological polar surface area (TPSA) is 92.7 Å². The summed E-state index contributed by atoms with van der Waals surface area (Å²) in [5.74, 6) is 0. The first-order valence-electron chi connectivity index (χ1n) is 5.74. The van der Waals surface area contributed by atoms with Gasteiger partial charge in [0.05, 0.1) is 4.90 Å². The van der Waals surface area contributed by atoms with E-state index in [-0.39, 0.29) is 4.90 Å². The van der Waals surface area contributed by atoms with Crippen molar-refractivity contribution in [3.05, 3.63) is 18.2 Å². The minimum atomic E-state index is -3.48. The Morgan fingerprint density at radius 2 is 1.50 bits per heavy atom. The number of nitrogens with zero attached hydrogens (tertiary/aromatic N) is 2. The molecule has 2 rings (SSSR count). The van der Waals surface area contributed by atoms with Crippen LogP contribution < -0.4 is 11.5 Å². The number of rotatable bonds is 2. The van der Waals surface area contributed by atoms with Crippen molar-refractivity contribution in [3.8, 4) is 0 Å². The minimum Gasteiger partial charge on any atom is -0.399 e. The zero-order chi connectivity index (χ0) is 13.3. The van der Waals surface area contributed by atoms with Gasteiger partial charge >= 0.3 is 0 Å². The maximum Gasteiger partial charge on any atom is 0.243 e. The summed E-state index contributed by atoms with van der Waals surface area (Å²) in [5.41, 5.74) is 12.0. The van der Waals surface area contributed by atoms with Crippen LogP contribution >= 0.6 is 0 Å². The average Bonchev–Trinajstić information content (AvgIpc) is 2.28. The van der Waals surface area contributed by atoms with Gasteiger partial charge in [-0.1, -0.05) is 0 Å². The van der Waals surface area contributed by atoms with E-state index in [9.17, 15) is 8.42 Å². The van der Waals surface area contributed by atoms with Gasteiger partial charge in [0.1, 0.15) is 0 Å². The second-order valence-corrected chi connectivity index (χ2v) is 6.48. The van der Waals surface area contributed by atoms with E-state index in [1.165, 1.54) is 16.4 Å². The molecule has 0 bridgehead atoms. The molecule has 6 nitrogen and oxygen atoms in total. The third kappa shape index (κ3) is 2.58. The lowest BCUT2D eigenvalue weighted by atomic mass is 10.3. The van der Waals surface area contributed by atoms with Crippen LogP contribution in [0.2, 0.25) is 0 Å². The molecule has 1 fully saturated rings. The van der Waals surface area contributed by atoms with Gasteiger partial charge in [0, 0.05) is 37.6 Å². The maximum atomic E-state index is 12.4. The SMILES string of the molecule is CN1CCN(S(=O)(=O)c2cc(N)cc(N)c2)CC1. The van der Waals surface area contributed by atoms with Crippen LogP contribution in [0, 0.1) is 0 Å². The van der Waals surface area contributed by atoms with Gasteiger partial charge in [0.2, 0.25) is 10.0 Å². The van der Waals surface area contributed by atoms with Gasteiger partial charge in [-0.3, -0.25) is 0 Å². The third-order valence-electron chi connectivity index (χ3n) is 3.05. The Hall–Kier alpha value is -1.31. The molecule has 18 heavy (non-hydrogen) atoms. The van der Waals surface area contributed by atoms with E-state index >= 15 is 0 Å². The molecular formula is C11H18N4O2S. The minimum absolute atomic E-state index is 0.171. The van der Waals surface area contributed by atoms with Crippen molar-refractivity contribution >= 4 is 21.4 Å². The molecule has 4 N–H and O–H groups in total. The molecule has 0 amide bonds. The Kier molecular flexibility index (Phi) is 3.47. The second kappa shape index (κ2) is 4.75. The fourth-order valence-corrected chi connectivity index (χ4v) is 3.48. The highest BCUT2D eigenvalue weighted by atomic mass is 32.2. The third-order valence-corrected chi connectivity index (χ3v) is 4.93. The first-order valence-corrected chi connectivity index (χ1v) is 7.18. The van der Waals surface area contributed by atoms with Gasteiger partial charge in [0.15, 0.2) is 0 Å². The summed E-state index contributed by atoms with van der Waals surface area (Å²) < 4.78 is 26.3. The van der Waals surface area contributed by atoms with Gasteiger partial charge < -0.3 is 16.4 Å². The zero-order valence-electron chi connectivity index (χ0n) is 10.3. The quantitative estimate of drug-likeness (QED) is 0.725. The van der Waals surface area contributed by atoms with E-state index in [4.69, 9.17) is 11.5 Å². The molecule has 100 valence electrons. The summed E-state index contributed by atoms with van der Waals surface area (Å²) in [7, 11) is -1.51. The van der Waals surface area contributed by atoms with Crippen LogP contribution in [-0.2, 0) is 10.0 Å². The van der Waals surface area contributed by atoms with Crippen molar-refractivity contribution in [1.82, 2.24) is 9.21 Å². The lowest BCUT2D eigenvalue weighted by molar-refractivity contribution is 0.222. The molecule has 0 aliphatic carbocycles. The first kappa shape index (κ1) is 13.1. The number of anilines is 2. The van der Waals surface area contributed by atoms with Crippen molar-refractivity contribution in [1.29, 1.82) is 0 Å². The van der Waals surface area contributed by atoms with Gasteiger partial charge in [-0.2, -0.15) is 4.31 Å². The van der Waals surface area contributed by atoms with Crippen LogP contribution in [-0.4, -0.2) is 50.8 Å². The van der Waals surface area contributed by atoms with E-state index in [1.807, 2.05) is 7.05 Å². The Labute approximate surface area is 107 Å². The second-order valence-electron chi connectivity index (χ2n) is 4.54. The molecule has 1 aliphatic heterocycles. The van der Waals surface area contributed by atoms with Crippen LogP contribution in [0.1, 0.15) is 0 Å². The molecule has 1 aromatic rings. The summed E-state index contributed by atoms with van der Waals surface area (Å²) in [5, 5.41) is 0. The number of likely N-dealkylation sites (N-methyl/N-ethyl adjacent to an activating group) is 1. The monoisotopic (exact) mass is 270 g/mol. The lowest BCUT2D eigenvalue weighted by Crippen LogP contribution is -2.47. The first-order chi connectivity index (χ1) is 8.39. The molecular weight excluding hydrogens is 252 g/mol. The molecule has 0 spiro atoms. The fourth-order valence-electron chi connectivity index (χ4n) is 1.97. The van der Waals surface area contributed by atoms with Crippen molar-refractivity contribution in [2.45, 2.75) is 4.90 Å². The lowest BCUT2D eigenvalue weighted by Gasteiger charge is -2.31. The molecule has 0 radical (unpaired) electrons. The molecule has 0 aromatic heterocycles. The van der Waals surface area contributed by atoms with E-state index in [0.29, 0.717) is 24.5 Å². The number of nitrogens with two attached hydrogens (primary N) is 2. The van der Waals surface area contributed by atoms with Crippen LogP contribution in [0.3, 0.4) is 0 Å². The van der Waals surface area contributed by atoms with Gasteiger partial charge in [-0.15, -0.1) is 0 Å². The average molecular weight is 270 g/mol. The summed E-state index contributed by atoms with van der Waals surface area (Å²) >= 11 is 0. The number of sulfonamides is 1. The summed E-state index contributed by atoms with van der Waals surface area (Å²) in [4.78, 5) is 2.27. The highest BCUT2D eigenvalue weighted by Gasteiger charge is 2.27. The molecule has 0 saturated carbocycles. The maximum absolute atomic E-state index is 12.4. The normalized spacial score (nSPS) is 18.9. The van der Waals surface area contributed by atoms with Crippen LogP contribution in [0.4, 0.5) is 11.4 Å². The molecule has 7 heteroatoms. The van der Waals surface area contributed by atoms with Gasteiger partial charge in [0.25, 0.3) is 0 Å². The summed E-state index contributed by atoms with van der Waals surface area (Å²) in [6.07, 6.45) is 0. The fraction of sp³-hybridized carbons (Fsp3) is 0.455. The molecule has 0 atom stereocenters. The Bertz CT molecular complexity index is 516. The van der Waals surface area contributed by atoms with E-state index in [1.54, 1.807) is 6.07 Å². The van der Waals surface area contributed by atoms with Crippen molar-refractivity contribution in [2.24, 2.45) is 0 Å². The predicted molar refractivity (Wildman–Crippen MR) is 71.5 cm³/mol. The highest BCUT2D eigenvalue weighted by Crippen LogP contribution is 2.22. The molecule has 1 aromatic carbocycles.